The number of ketones is 1. The van der Waals surface area contributed by atoms with E-state index in [4.69, 9.17) is 0 Å². The van der Waals surface area contributed by atoms with Gasteiger partial charge in [-0.1, -0.05) is 42.5 Å². The second kappa shape index (κ2) is 8.44. The quantitative estimate of drug-likeness (QED) is 0.439. The lowest BCUT2D eigenvalue weighted by molar-refractivity contribution is -0.385. The van der Waals surface area contributed by atoms with E-state index >= 15 is 0 Å². The summed E-state index contributed by atoms with van der Waals surface area (Å²) in [6, 6.07) is 17.0. The molecule has 3 aromatic rings. The average Bonchev–Trinajstić information content (AvgIpc) is 2.79. The van der Waals surface area contributed by atoms with Gasteiger partial charge in [0.15, 0.2) is 0 Å². The predicted molar refractivity (Wildman–Crippen MR) is 125 cm³/mol. The van der Waals surface area contributed by atoms with Crippen molar-refractivity contribution in [1.29, 1.82) is 0 Å². The van der Waals surface area contributed by atoms with E-state index < -0.39 is 14.9 Å². The minimum Gasteiger partial charge on any atom is -0.352 e. The zero-order chi connectivity index (χ0) is 23.8. The molecule has 0 bridgehead atoms. The maximum absolute atomic E-state index is 13.1. The lowest BCUT2D eigenvalue weighted by atomic mass is 9.92. The van der Waals surface area contributed by atoms with Gasteiger partial charge >= 0.3 is 0 Å². The number of anilines is 1. The Hall–Kier alpha value is -4.11. The maximum atomic E-state index is 13.1. The van der Waals surface area contributed by atoms with Crippen LogP contribution in [0.2, 0.25) is 0 Å². The predicted octanol–water partition coefficient (Wildman–Crippen LogP) is 4.58. The van der Waals surface area contributed by atoms with Gasteiger partial charge in [0.05, 0.1) is 21.2 Å². The van der Waals surface area contributed by atoms with E-state index in [1.165, 1.54) is 24.3 Å². The minimum atomic E-state index is -4.29. The molecule has 8 nitrogen and oxygen atoms in total. The van der Waals surface area contributed by atoms with Crippen LogP contribution >= 0.6 is 0 Å². The Kier molecular flexibility index (Phi) is 5.65. The van der Waals surface area contributed by atoms with Crippen LogP contribution in [0, 0.1) is 24.0 Å². The molecule has 0 spiro atoms. The number of rotatable bonds is 5. The van der Waals surface area contributed by atoms with Crippen LogP contribution in [0.3, 0.4) is 0 Å². The van der Waals surface area contributed by atoms with Gasteiger partial charge in [0.25, 0.3) is 15.7 Å². The van der Waals surface area contributed by atoms with Gasteiger partial charge in [0.1, 0.15) is 0 Å². The monoisotopic (exact) mass is 461 g/mol. The third kappa shape index (κ3) is 4.44. The van der Waals surface area contributed by atoms with E-state index in [1.54, 1.807) is 24.3 Å². The van der Waals surface area contributed by atoms with Crippen LogP contribution in [0.1, 0.15) is 27.0 Å². The summed E-state index contributed by atoms with van der Waals surface area (Å²) in [5.74, 6) is -0.293. The number of aryl methyl sites for hydroxylation is 2. The first-order valence-corrected chi connectivity index (χ1v) is 11.4. The molecule has 3 aromatic carbocycles. The van der Waals surface area contributed by atoms with E-state index in [0.717, 1.165) is 22.9 Å². The lowest BCUT2D eigenvalue weighted by Gasteiger charge is -2.20. The summed E-state index contributed by atoms with van der Waals surface area (Å²) in [6.45, 7) is 3.82. The Bertz CT molecular complexity index is 1470. The molecule has 0 fully saturated rings. The fourth-order valence-corrected chi connectivity index (χ4v) is 4.49. The van der Waals surface area contributed by atoms with Crippen LogP contribution in [0.25, 0.3) is 0 Å². The van der Waals surface area contributed by atoms with Gasteiger partial charge < -0.3 is 5.32 Å². The molecule has 0 atom stereocenters. The largest absolute Gasteiger partial charge is 0.352 e. The van der Waals surface area contributed by atoms with Crippen LogP contribution in [0.4, 0.5) is 11.4 Å². The number of fused-ring (bicyclic) bond motifs is 1. The van der Waals surface area contributed by atoms with E-state index in [9.17, 15) is 23.3 Å². The smallest absolute Gasteiger partial charge is 0.283 e. The molecular weight excluding hydrogens is 442 g/mol. The number of carbonyl (C=O) groups is 1. The van der Waals surface area contributed by atoms with Gasteiger partial charge in [-0.2, -0.15) is 12.8 Å². The number of hydrogen-bond donors (Lipinski definition) is 1. The summed E-state index contributed by atoms with van der Waals surface area (Å²) in [6.07, 6.45) is 1.39. The number of nitro benzene ring substituents is 1. The summed E-state index contributed by atoms with van der Waals surface area (Å²) in [7, 11) is -4.29. The molecule has 9 heteroatoms. The van der Waals surface area contributed by atoms with Crippen molar-refractivity contribution in [2.24, 2.45) is 4.40 Å². The topological polar surface area (TPSA) is 119 Å². The van der Waals surface area contributed by atoms with Crippen LogP contribution in [0.15, 0.2) is 87.8 Å². The zero-order valence-corrected chi connectivity index (χ0v) is 18.6. The molecule has 4 rings (SSSR count). The van der Waals surface area contributed by atoms with Crippen LogP contribution in [-0.4, -0.2) is 24.8 Å². The molecule has 0 aromatic heterocycles. The highest BCUT2D eigenvalue weighted by Crippen LogP contribution is 2.27. The van der Waals surface area contributed by atoms with Gasteiger partial charge in [-0.25, -0.2) is 0 Å². The molecule has 0 aliphatic heterocycles. The van der Waals surface area contributed by atoms with Crippen molar-refractivity contribution in [2.75, 3.05) is 5.32 Å². The Morgan fingerprint density at radius 2 is 1.67 bits per heavy atom. The van der Waals surface area contributed by atoms with E-state index in [-0.39, 0.29) is 27.8 Å². The second-order valence-corrected chi connectivity index (χ2v) is 9.19. The molecule has 1 N–H and O–H groups in total. The van der Waals surface area contributed by atoms with Crippen molar-refractivity contribution in [2.45, 2.75) is 18.7 Å². The highest BCUT2D eigenvalue weighted by atomic mass is 32.2. The second-order valence-electron chi connectivity index (χ2n) is 7.58. The number of nitrogens with zero attached hydrogens (tertiary/aromatic N) is 2. The first kappa shape index (κ1) is 22.1. The van der Waals surface area contributed by atoms with Crippen molar-refractivity contribution in [3.8, 4) is 0 Å². The standard InChI is InChI=1S/C24H19N3O5S/c1-15-10-11-16(2)21(12-15)25-23-14-22(19-8-3-4-9-20(19)24(23)28)26-33(31,32)18-7-5-6-17(13-18)27(29)30/h3-14,25H,1-2H3. The Labute approximate surface area is 190 Å². The van der Waals surface area contributed by atoms with Crippen LogP contribution < -0.4 is 5.32 Å². The summed E-state index contributed by atoms with van der Waals surface area (Å²) in [4.78, 5) is 23.2. The van der Waals surface area contributed by atoms with Gasteiger partial charge in [0, 0.05) is 28.9 Å². The van der Waals surface area contributed by atoms with Crippen molar-refractivity contribution in [3.63, 3.8) is 0 Å². The highest BCUT2D eigenvalue weighted by molar-refractivity contribution is 7.90. The summed E-state index contributed by atoms with van der Waals surface area (Å²) in [5.41, 5.74) is 3.17. The van der Waals surface area contributed by atoms with Crippen LogP contribution in [0.5, 0.6) is 0 Å². The van der Waals surface area contributed by atoms with E-state index in [0.29, 0.717) is 11.1 Å². The van der Waals surface area contributed by atoms with E-state index in [1.807, 2.05) is 32.0 Å². The minimum absolute atomic E-state index is 0.0597. The van der Waals surface area contributed by atoms with E-state index in [2.05, 4.69) is 9.71 Å². The highest BCUT2D eigenvalue weighted by Gasteiger charge is 2.27. The number of non-ortho nitro benzene ring substituents is 1. The van der Waals surface area contributed by atoms with Gasteiger partial charge in [0.2, 0.25) is 5.78 Å². The molecule has 33 heavy (non-hydrogen) atoms. The van der Waals surface area contributed by atoms with Crippen molar-refractivity contribution in [1.82, 2.24) is 0 Å². The molecular formula is C24H19N3O5S. The molecule has 1 aliphatic rings. The first-order chi connectivity index (χ1) is 15.7. The van der Waals surface area contributed by atoms with Gasteiger partial charge in [-0.05, 0) is 43.2 Å². The molecule has 0 unspecified atom stereocenters. The summed E-state index contributed by atoms with van der Waals surface area (Å²) < 4.78 is 29.9. The summed E-state index contributed by atoms with van der Waals surface area (Å²) >= 11 is 0. The molecule has 0 saturated heterocycles. The van der Waals surface area contributed by atoms with Gasteiger partial charge in [-0.15, -0.1) is 0 Å². The SMILES string of the molecule is Cc1ccc(C)c(NC2=CC(=NS(=O)(=O)c3cccc([N+](=O)[O-])c3)c3ccccc3C2=O)c1. The van der Waals surface area contributed by atoms with Crippen LogP contribution in [-0.2, 0) is 10.0 Å². The number of carbonyl (C=O) groups excluding carboxylic acids is 1. The number of nitrogens with one attached hydrogen (secondary N) is 1. The van der Waals surface area contributed by atoms with Gasteiger partial charge in [-0.3, -0.25) is 14.9 Å². The summed E-state index contributed by atoms with van der Waals surface area (Å²) in [5, 5.41) is 14.2. The molecule has 0 heterocycles. The van der Waals surface area contributed by atoms with Crippen molar-refractivity contribution < 1.29 is 18.1 Å². The van der Waals surface area contributed by atoms with Crippen molar-refractivity contribution >= 4 is 32.9 Å². The zero-order valence-electron chi connectivity index (χ0n) is 17.8. The fraction of sp³-hybridized carbons (Fsp3) is 0.0833. The molecule has 1 aliphatic carbocycles. The number of allylic oxidation sites excluding steroid dienone is 2. The first-order valence-electron chi connectivity index (χ1n) is 9.95. The van der Waals surface area contributed by atoms with Crippen molar-refractivity contribution in [3.05, 3.63) is 111 Å². The Morgan fingerprint density at radius 1 is 0.939 bits per heavy atom. The number of Topliss-reactive ketones (excluding diaryl/α,β-unsaturated/α-hetero) is 1. The average molecular weight is 461 g/mol. The number of hydrogen-bond acceptors (Lipinski definition) is 6. The number of sulfonamides is 1. The lowest BCUT2D eigenvalue weighted by Crippen LogP contribution is -2.23. The molecule has 166 valence electrons. The third-order valence-corrected chi connectivity index (χ3v) is 6.47. The molecule has 0 amide bonds. The third-order valence-electron chi connectivity index (χ3n) is 5.18. The number of nitro groups is 1. The normalized spacial score (nSPS) is 14.5. The molecule has 0 radical (unpaired) electrons. The Morgan fingerprint density at radius 3 is 2.39 bits per heavy atom. The fourth-order valence-electron chi connectivity index (χ4n) is 3.45. The number of benzene rings is 3. The molecule has 0 saturated carbocycles. The maximum Gasteiger partial charge on any atom is 0.283 e. The Balaban J connectivity index is 1.83.